The van der Waals surface area contributed by atoms with Crippen molar-refractivity contribution in [3.63, 3.8) is 0 Å². The number of likely N-dealkylation sites (tertiary alicyclic amines) is 1. The predicted octanol–water partition coefficient (Wildman–Crippen LogP) is 1.63. The van der Waals surface area contributed by atoms with Gasteiger partial charge in [0, 0.05) is 24.9 Å². The molecule has 1 fully saturated rings. The number of piperidine rings is 1. The molecule has 6 heteroatoms. The Balaban J connectivity index is 2.38. The van der Waals surface area contributed by atoms with Gasteiger partial charge in [0.15, 0.2) is 0 Å². The lowest BCUT2D eigenvalue weighted by molar-refractivity contribution is -0.143. The molecule has 0 radical (unpaired) electrons. The summed E-state index contributed by atoms with van der Waals surface area (Å²) in [6, 6.07) is -0.0159. The molecule has 5 nitrogen and oxygen atoms in total. The number of hydrogen-bond acceptors (Lipinski definition) is 3. The number of carboxylic acid groups (broad SMARTS) is 1. The zero-order valence-corrected chi connectivity index (χ0v) is 11.8. The summed E-state index contributed by atoms with van der Waals surface area (Å²) in [5, 5.41) is 11.9. The summed E-state index contributed by atoms with van der Waals surface area (Å²) in [6.07, 6.45) is 1.43. The summed E-state index contributed by atoms with van der Waals surface area (Å²) in [5.41, 5.74) is 0. The van der Waals surface area contributed by atoms with Crippen LogP contribution >= 0.6 is 11.8 Å². The normalized spacial score (nSPS) is 21.4. The third-order valence-electron chi connectivity index (χ3n) is 3.00. The van der Waals surface area contributed by atoms with E-state index in [1.807, 2.05) is 6.92 Å². The van der Waals surface area contributed by atoms with Gasteiger partial charge in [-0.1, -0.05) is 6.92 Å². The Bertz CT molecular complexity index is 299. The van der Waals surface area contributed by atoms with Crippen LogP contribution in [0.25, 0.3) is 0 Å². The predicted molar refractivity (Wildman–Crippen MR) is 72.9 cm³/mol. The van der Waals surface area contributed by atoms with Gasteiger partial charge < -0.3 is 15.3 Å². The zero-order valence-electron chi connectivity index (χ0n) is 11.0. The van der Waals surface area contributed by atoms with Crippen molar-refractivity contribution in [3.05, 3.63) is 0 Å². The Kier molecular flexibility index (Phi) is 6.32. The molecule has 0 aliphatic carbocycles. The first-order valence-corrected chi connectivity index (χ1v) is 7.56. The van der Waals surface area contributed by atoms with E-state index in [1.54, 1.807) is 16.7 Å². The van der Waals surface area contributed by atoms with Gasteiger partial charge in [0.2, 0.25) is 0 Å². The van der Waals surface area contributed by atoms with Gasteiger partial charge in [-0.2, -0.15) is 11.8 Å². The molecule has 1 saturated heterocycles. The molecular weight excluding hydrogens is 252 g/mol. The van der Waals surface area contributed by atoms with Crippen molar-refractivity contribution < 1.29 is 14.7 Å². The van der Waals surface area contributed by atoms with E-state index in [1.165, 1.54) is 0 Å². The van der Waals surface area contributed by atoms with Crippen LogP contribution in [0.15, 0.2) is 0 Å². The molecule has 0 saturated carbocycles. The molecule has 0 spiro atoms. The fourth-order valence-corrected chi connectivity index (χ4v) is 2.67. The Labute approximate surface area is 112 Å². The topological polar surface area (TPSA) is 69.6 Å². The minimum atomic E-state index is -0.804. The number of carbonyl (C=O) groups is 2. The van der Waals surface area contributed by atoms with E-state index in [0.717, 1.165) is 17.9 Å². The van der Waals surface area contributed by atoms with Crippen LogP contribution in [-0.2, 0) is 4.79 Å². The fourth-order valence-electron chi connectivity index (χ4n) is 2.00. The van der Waals surface area contributed by atoms with Crippen molar-refractivity contribution in [2.24, 2.45) is 5.92 Å². The standard InChI is InChI=1S/C12H22N2O3S/c1-3-18-8-9(2)13-12(17)14-6-4-5-10(7-14)11(15)16/h9-10H,3-8H2,1-2H3,(H,13,17)(H,15,16)/t9?,10-/m0/s1. The largest absolute Gasteiger partial charge is 0.481 e. The van der Waals surface area contributed by atoms with Crippen molar-refractivity contribution in [1.29, 1.82) is 0 Å². The van der Waals surface area contributed by atoms with E-state index in [0.29, 0.717) is 19.5 Å². The number of nitrogens with one attached hydrogen (secondary N) is 1. The number of aliphatic carboxylic acids is 1. The first-order valence-electron chi connectivity index (χ1n) is 6.40. The van der Waals surface area contributed by atoms with E-state index in [-0.39, 0.29) is 12.1 Å². The smallest absolute Gasteiger partial charge is 0.317 e. The molecule has 0 aromatic heterocycles. The Hall–Kier alpha value is -0.910. The van der Waals surface area contributed by atoms with Crippen LogP contribution < -0.4 is 5.32 Å². The summed E-state index contributed by atoms with van der Waals surface area (Å²) < 4.78 is 0. The molecule has 18 heavy (non-hydrogen) atoms. The van der Waals surface area contributed by atoms with Crippen LogP contribution in [0.3, 0.4) is 0 Å². The van der Waals surface area contributed by atoms with Gasteiger partial charge in [-0.05, 0) is 25.5 Å². The molecule has 1 unspecified atom stereocenters. The maximum absolute atomic E-state index is 12.0. The van der Waals surface area contributed by atoms with Crippen LogP contribution in [0.2, 0.25) is 0 Å². The lowest BCUT2D eigenvalue weighted by atomic mass is 9.99. The van der Waals surface area contributed by atoms with E-state index in [4.69, 9.17) is 5.11 Å². The third-order valence-corrected chi connectivity index (χ3v) is 4.14. The molecule has 2 atom stereocenters. The van der Waals surface area contributed by atoms with Gasteiger partial charge in [0.05, 0.1) is 5.92 Å². The average molecular weight is 274 g/mol. The van der Waals surface area contributed by atoms with Crippen LogP contribution in [0.4, 0.5) is 4.79 Å². The Morgan fingerprint density at radius 1 is 1.56 bits per heavy atom. The number of urea groups is 1. The van der Waals surface area contributed by atoms with Crippen LogP contribution in [0, 0.1) is 5.92 Å². The summed E-state index contributed by atoms with van der Waals surface area (Å²) >= 11 is 1.78. The van der Waals surface area contributed by atoms with Crippen molar-refractivity contribution in [2.75, 3.05) is 24.6 Å². The van der Waals surface area contributed by atoms with Gasteiger partial charge in [-0.3, -0.25) is 4.79 Å². The van der Waals surface area contributed by atoms with E-state index in [2.05, 4.69) is 12.2 Å². The minimum Gasteiger partial charge on any atom is -0.481 e. The zero-order chi connectivity index (χ0) is 13.5. The van der Waals surface area contributed by atoms with Crippen molar-refractivity contribution >= 4 is 23.8 Å². The Morgan fingerprint density at radius 3 is 2.89 bits per heavy atom. The molecule has 1 heterocycles. The molecule has 104 valence electrons. The molecule has 1 aliphatic rings. The lowest BCUT2D eigenvalue weighted by Gasteiger charge is -2.31. The van der Waals surface area contributed by atoms with E-state index >= 15 is 0 Å². The fraction of sp³-hybridized carbons (Fsp3) is 0.833. The molecular formula is C12H22N2O3S. The molecule has 0 aromatic carbocycles. The second kappa shape index (κ2) is 7.51. The van der Waals surface area contributed by atoms with Gasteiger partial charge in [-0.15, -0.1) is 0 Å². The molecule has 2 N–H and O–H groups in total. The SMILES string of the molecule is CCSCC(C)NC(=O)N1CCC[C@H](C(=O)O)C1. The highest BCUT2D eigenvalue weighted by Gasteiger charge is 2.28. The van der Waals surface area contributed by atoms with Crippen LogP contribution in [0.5, 0.6) is 0 Å². The minimum absolute atomic E-state index is 0.118. The monoisotopic (exact) mass is 274 g/mol. The van der Waals surface area contributed by atoms with Gasteiger partial charge in [0.25, 0.3) is 0 Å². The molecule has 1 rings (SSSR count). The first-order chi connectivity index (χ1) is 8.54. The Morgan fingerprint density at radius 2 is 2.28 bits per heavy atom. The number of amides is 2. The number of thioether (sulfide) groups is 1. The maximum atomic E-state index is 12.0. The second-order valence-electron chi connectivity index (χ2n) is 4.63. The van der Waals surface area contributed by atoms with Crippen molar-refractivity contribution in [1.82, 2.24) is 10.2 Å². The first kappa shape index (κ1) is 15.1. The molecule has 1 aliphatic heterocycles. The highest BCUT2D eigenvalue weighted by atomic mass is 32.2. The van der Waals surface area contributed by atoms with E-state index in [9.17, 15) is 9.59 Å². The van der Waals surface area contributed by atoms with Gasteiger partial charge in [0.1, 0.15) is 0 Å². The van der Waals surface area contributed by atoms with Crippen LogP contribution in [-0.4, -0.2) is 52.6 Å². The van der Waals surface area contributed by atoms with Gasteiger partial charge >= 0.3 is 12.0 Å². The number of hydrogen-bond donors (Lipinski definition) is 2. The summed E-state index contributed by atoms with van der Waals surface area (Å²) in [5.74, 6) is 0.704. The maximum Gasteiger partial charge on any atom is 0.317 e. The summed E-state index contributed by atoms with van der Waals surface area (Å²) in [7, 11) is 0. The number of carbonyl (C=O) groups excluding carboxylic acids is 1. The number of carboxylic acids is 1. The third kappa shape index (κ3) is 4.76. The quantitative estimate of drug-likeness (QED) is 0.799. The van der Waals surface area contributed by atoms with Crippen LogP contribution in [0.1, 0.15) is 26.7 Å². The molecule has 0 aromatic rings. The van der Waals surface area contributed by atoms with E-state index < -0.39 is 11.9 Å². The summed E-state index contributed by atoms with van der Waals surface area (Å²) in [6.45, 7) is 5.04. The van der Waals surface area contributed by atoms with Gasteiger partial charge in [-0.25, -0.2) is 4.79 Å². The highest BCUT2D eigenvalue weighted by Crippen LogP contribution is 2.16. The number of nitrogens with zero attached hydrogens (tertiary/aromatic N) is 1. The highest BCUT2D eigenvalue weighted by molar-refractivity contribution is 7.99. The number of rotatable bonds is 5. The average Bonchev–Trinajstić information content (AvgIpc) is 2.36. The van der Waals surface area contributed by atoms with Crippen molar-refractivity contribution in [2.45, 2.75) is 32.7 Å². The second-order valence-corrected chi connectivity index (χ2v) is 5.95. The molecule has 0 bridgehead atoms. The lowest BCUT2D eigenvalue weighted by Crippen LogP contribution is -2.49. The summed E-state index contributed by atoms with van der Waals surface area (Å²) in [4.78, 5) is 24.5. The van der Waals surface area contributed by atoms with Crippen molar-refractivity contribution in [3.8, 4) is 0 Å². The molecule has 2 amide bonds.